The zero-order chi connectivity index (χ0) is 28.6. The molecule has 3 aliphatic rings. The Labute approximate surface area is 248 Å². The molecule has 0 aliphatic carbocycles. The number of nitrogens with one attached hydrogen (secondary N) is 1. The Balaban J connectivity index is 1.33. The Bertz CT molecular complexity index is 1520. The van der Waals surface area contributed by atoms with E-state index < -0.39 is 9.84 Å². The molecule has 218 valence electrons. The lowest BCUT2D eigenvalue weighted by molar-refractivity contribution is 0.140. The monoisotopic (exact) mass is 594 g/mol. The lowest BCUT2D eigenvalue weighted by atomic mass is 9.69. The van der Waals surface area contributed by atoms with Gasteiger partial charge >= 0.3 is 0 Å². The van der Waals surface area contributed by atoms with Crippen LogP contribution in [0.25, 0.3) is 11.3 Å². The molecule has 6 rings (SSSR count). The summed E-state index contributed by atoms with van der Waals surface area (Å²) in [7, 11) is -3.41. The first-order valence-electron chi connectivity index (χ1n) is 14.7. The zero-order valence-corrected chi connectivity index (χ0v) is 25.5. The molecular formula is C32H39ClN4O3S. The van der Waals surface area contributed by atoms with E-state index in [9.17, 15) is 8.42 Å². The number of sulfone groups is 1. The van der Waals surface area contributed by atoms with E-state index in [0.29, 0.717) is 22.6 Å². The zero-order valence-electron chi connectivity index (χ0n) is 23.9. The van der Waals surface area contributed by atoms with Gasteiger partial charge in [0.2, 0.25) is 0 Å². The third-order valence-electron chi connectivity index (χ3n) is 8.93. The number of rotatable bonds is 7. The summed E-state index contributed by atoms with van der Waals surface area (Å²) in [6, 6.07) is 18.3. The molecule has 1 N–H and O–H groups in total. The van der Waals surface area contributed by atoms with Crippen molar-refractivity contribution >= 4 is 27.1 Å². The number of hydrogen-bond acceptors (Lipinski definition) is 7. The van der Waals surface area contributed by atoms with E-state index in [4.69, 9.17) is 21.3 Å². The van der Waals surface area contributed by atoms with Gasteiger partial charge in [-0.3, -0.25) is 9.88 Å². The van der Waals surface area contributed by atoms with Crippen LogP contribution in [0.5, 0.6) is 5.75 Å². The van der Waals surface area contributed by atoms with E-state index >= 15 is 0 Å². The van der Waals surface area contributed by atoms with Crippen molar-refractivity contribution in [1.29, 1.82) is 0 Å². The van der Waals surface area contributed by atoms with Crippen LogP contribution < -0.4 is 15.0 Å². The van der Waals surface area contributed by atoms with E-state index in [1.165, 1.54) is 24.7 Å². The van der Waals surface area contributed by atoms with Crippen molar-refractivity contribution in [3.05, 3.63) is 70.9 Å². The highest BCUT2D eigenvalue weighted by Gasteiger charge is 2.43. The van der Waals surface area contributed by atoms with Crippen molar-refractivity contribution in [1.82, 2.24) is 15.2 Å². The predicted molar refractivity (Wildman–Crippen MR) is 165 cm³/mol. The number of ether oxygens (including phenoxy) is 1. The maximum Gasteiger partial charge on any atom is 0.177 e. The molecule has 3 aliphatic heterocycles. The number of para-hydroxylation sites is 1. The van der Waals surface area contributed by atoms with Crippen LogP contribution in [0.1, 0.15) is 43.9 Å². The van der Waals surface area contributed by atoms with Crippen LogP contribution in [0.15, 0.2) is 59.5 Å². The van der Waals surface area contributed by atoms with Gasteiger partial charge in [-0.2, -0.15) is 0 Å². The number of aromatic nitrogens is 1. The first kappa shape index (κ1) is 28.5. The molecule has 4 heterocycles. The Hall–Kier alpha value is -2.65. The second-order valence-corrected chi connectivity index (χ2v) is 14.2. The second kappa shape index (κ2) is 11.6. The average Bonchev–Trinajstić information content (AvgIpc) is 3.46. The molecule has 1 spiro atoms. The Morgan fingerprint density at radius 1 is 1.12 bits per heavy atom. The molecule has 7 nitrogen and oxygen atoms in total. The van der Waals surface area contributed by atoms with E-state index in [2.05, 4.69) is 33.3 Å². The minimum absolute atomic E-state index is 0.0364. The first-order valence-corrected chi connectivity index (χ1v) is 17.0. The predicted octanol–water partition coefficient (Wildman–Crippen LogP) is 5.31. The number of nitrogens with zero attached hydrogens (tertiary/aromatic N) is 3. The van der Waals surface area contributed by atoms with Gasteiger partial charge < -0.3 is 15.0 Å². The van der Waals surface area contributed by atoms with Crippen LogP contribution in [0, 0.1) is 0 Å². The van der Waals surface area contributed by atoms with Crippen LogP contribution in [-0.2, 0) is 21.8 Å². The molecule has 0 radical (unpaired) electrons. The molecular weight excluding hydrogens is 556 g/mol. The van der Waals surface area contributed by atoms with E-state index in [-0.39, 0.29) is 5.41 Å². The number of anilines is 1. The number of halogens is 1. The molecule has 9 heteroatoms. The highest BCUT2D eigenvalue weighted by molar-refractivity contribution is 7.90. The van der Waals surface area contributed by atoms with Crippen LogP contribution in [0.2, 0.25) is 5.02 Å². The summed E-state index contributed by atoms with van der Waals surface area (Å²) < 4.78 is 31.2. The molecule has 3 aromatic rings. The van der Waals surface area contributed by atoms with Gasteiger partial charge in [-0.15, -0.1) is 0 Å². The molecule has 2 fully saturated rings. The number of benzene rings is 2. The van der Waals surface area contributed by atoms with Crippen molar-refractivity contribution in [3.8, 4) is 17.0 Å². The van der Waals surface area contributed by atoms with Gasteiger partial charge in [-0.1, -0.05) is 29.8 Å². The van der Waals surface area contributed by atoms with Crippen molar-refractivity contribution in [2.45, 2.75) is 55.5 Å². The normalized spacial score (nSPS) is 20.8. The fourth-order valence-corrected chi connectivity index (χ4v) is 8.15. The van der Waals surface area contributed by atoms with Crippen molar-refractivity contribution in [2.24, 2.45) is 0 Å². The fraction of sp³-hybridized carbons (Fsp3) is 0.469. The first-order chi connectivity index (χ1) is 19.8. The number of piperidine rings is 1. The molecule has 0 bridgehead atoms. The SMILES string of the molecule is CCOc1ccccc1-c1ccc2c(n1)CN(C[C@H]1CCCN1)CC21CCN(c2ccc(Cl)cc2S(C)(=O)=O)CC1. The van der Waals surface area contributed by atoms with Crippen molar-refractivity contribution in [3.63, 3.8) is 0 Å². The molecule has 1 atom stereocenters. The molecule has 0 saturated carbocycles. The van der Waals surface area contributed by atoms with Gasteiger partial charge in [0, 0.05) is 61.0 Å². The van der Waals surface area contributed by atoms with Gasteiger partial charge in [0.1, 0.15) is 5.75 Å². The molecule has 0 amide bonds. The van der Waals surface area contributed by atoms with Gasteiger partial charge in [0.05, 0.1) is 28.6 Å². The summed E-state index contributed by atoms with van der Waals surface area (Å²) in [4.78, 5) is 10.4. The van der Waals surface area contributed by atoms with E-state index in [1.807, 2.05) is 31.2 Å². The second-order valence-electron chi connectivity index (χ2n) is 11.7. The third kappa shape index (κ3) is 5.85. The molecule has 41 heavy (non-hydrogen) atoms. The average molecular weight is 595 g/mol. The van der Waals surface area contributed by atoms with E-state index in [1.54, 1.807) is 12.1 Å². The Kier molecular flexibility index (Phi) is 8.02. The molecule has 2 saturated heterocycles. The van der Waals surface area contributed by atoms with E-state index in [0.717, 1.165) is 80.5 Å². The largest absolute Gasteiger partial charge is 0.493 e. The summed E-state index contributed by atoms with van der Waals surface area (Å²) in [6.07, 6.45) is 5.56. The standard InChI is InChI=1S/C32H39ClN4O3S/c1-3-40-30-9-5-4-8-25(30)27-12-11-26-28(35-27)21-36(20-24-7-6-16-34-24)22-32(26)14-17-37(18-15-32)29-13-10-23(33)19-31(29)41(2,38)39/h4-5,8-13,19,24,34H,3,6-7,14-18,20-22H2,1-2H3/t24-/m1/s1. The summed E-state index contributed by atoms with van der Waals surface area (Å²) >= 11 is 6.20. The third-order valence-corrected chi connectivity index (χ3v) is 10.3. The van der Waals surface area contributed by atoms with Crippen LogP contribution in [0.4, 0.5) is 5.69 Å². The summed E-state index contributed by atoms with van der Waals surface area (Å²) in [6.45, 7) is 8.09. The highest BCUT2D eigenvalue weighted by Crippen LogP contribution is 2.44. The Morgan fingerprint density at radius 2 is 1.93 bits per heavy atom. The van der Waals surface area contributed by atoms with Crippen LogP contribution in [0.3, 0.4) is 0 Å². The molecule has 0 unspecified atom stereocenters. The maximum atomic E-state index is 12.6. The van der Waals surface area contributed by atoms with Gasteiger partial charge in [-0.25, -0.2) is 8.42 Å². The lowest BCUT2D eigenvalue weighted by Gasteiger charge is -2.49. The Morgan fingerprint density at radius 3 is 2.66 bits per heavy atom. The summed E-state index contributed by atoms with van der Waals surface area (Å²) in [5.41, 5.74) is 5.16. The highest BCUT2D eigenvalue weighted by atomic mass is 35.5. The smallest absolute Gasteiger partial charge is 0.177 e. The minimum atomic E-state index is -3.41. The van der Waals surface area contributed by atoms with Gasteiger partial charge in [0.15, 0.2) is 9.84 Å². The summed E-state index contributed by atoms with van der Waals surface area (Å²) in [5, 5.41) is 4.11. The lowest BCUT2D eigenvalue weighted by Crippen LogP contribution is -2.54. The quantitative estimate of drug-likeness (QED) is 0.397. The number of pyridine rings is 1. The van der Waals surface area contributed by atoms with Crippen molar-refractivity contribution in [2.75, 3.05) is 50.5 Å². The van der Waals surface area contributed by atoms with Crippen LogP contribution >= 0.6 is 11.6 Å². The number of hydrogen-bond donors (Lipinski definition) is 1. The molecule has 2 aromatic carbocycles. The van der Waals surface area contributed by atoms with Gasteiger partial charge in [0.25, 0.3) is 0 Å². The fourth-order valence-electron chi connectivity index (χ4n) is 7.00. The maximum absolute atomic E-state index is 12.6. The minimum Gasteiger partial charge on any atom is -0.493 e. The van der Waals surface area contributed by atoms with Gasteiger partial charge in [-0.05, 0) is 81.1 Å². The van der Waals surface area contributed by atoms with Crippen LogP contribution in [-0.4, -0.2) is 69.9 Å². The number of fused-ring (bicyclic) bond motifs is 2. The topological polar surface area (TPSA) is 74.8 Å². The molecule has 1 aromatic heterocycles. The van der Waals surface area contributed by atoms with Crippen molar-refractivity contribution < 1.29 is 13.2 Å². The summed E-state index contributed by atoms with van der Waals surface area (Å²) in [5.74, 6) is 0.859.